The molecule has 2 aliphatic rings. The number of benzene rings is 1. The summed E-state index contributed by atoms with van der Waals surface area (Å²) in [6.07, 6.45) is 4.93. The number of rotatable bonds is 5. The zero-order valence-corrected chi connectivity index (χ0v) is 15.0. The van der Waals surface area contributed by atoms with Crippen LogP contribution in [0.4, 0.5) is 0 Å². The molecule has 0 spiro atoms. The summed E-state index contributed by atoms with van der Waals surface area (Å²) in [7, 11) is 1.73. The van der Waals surface area contributed by atoms with E-state index in [1.165, 1.54) is 6.42 Å². The molecule has 2 amide bonds. The SMILES string of the molecule is CSC1(CNC(=O)[C@@H]2OCC(=O)N(C)[C@H]2c2ccccc2)CCC1. The predicted octanol–water partition coefficient (Wildman–Crippen LogP) is 1.99. The molecule has 1 aromatic rings. The summed E-state index contributed by atoms with van der Waals surface area (Å²) in [5.41, 5.74) is 0.913. The third kappa shape index (κ3) is 3.30. The van der Waals surface area contributed by atoms with Gasteiger partial charge in [0.15, 0.2) is 6.10 Å². The van der Waals surface area contributed by atoms with Crippen LogP contribution in [-0.2, 0) is 14.3 Å². The molecule has 130 valence electrons. The minimum Gasteiger partial charge on any atom is -0.356 e. The summed E-state index contributed by atoms with van der Waals surface area (Å²) in [6, 6.07) is 9.21. The molecule has 1 N–H and O–H groups in total. The Bertz CT molecular complexity index is 598. The van der Waals surface area contributed by atoms with Gasteiger partial charge in [-0.1, -0.05) is 36.8 Å². The number of amides is 2. The van der Waals surface area contributed by atoms with Crippen LogP contribution in [0.3, 0.4) is 0 Å². The summed E-state index contributed by atoms with van der Waals surface area (Å²) in [6.45, 7) is 0.609. The van der Waals surface area contributed by atoms with Gasteiger partial charge in [0.25, 0.3) is 5.91 Å². The van der Waals surface area contributed by atoms with Crippen LogP contribution >= 0.6 is 11.8 Å². The number of thioether (sulfide) groups is 1. The van der Waals surface area contributed by atoms with Gasteiger partial charge >= 0.3 is 0 Å². The summed E-state index contributed by atoms with van der Waals surface area (Å²) in [4.78, 5) is 26.4. The standard InChI is InChI=1S/C18H24N2O3S/c1-20-14(21)11-23-16(15(20)13-7-4-3-5-8-13)17(22)19-12-18(24-2)9-6-10-18/h3-5,7-8,15-16H,6,9-12H2,1-2H3,(H,19,22)/t15-,16+/m0/s1. The Balaban J connectivity index is 1.74. The van der Waals surface area contributed by atoms with E-state index in [-0.39, 0.29) is 29.2 Å². The minimum atomic E-state index is -0.672. The Labute approximate surface area is 147 Å². The first-order valence-electron chi connectivity index (χ1n) is 8.31. The summed E-state index contributed by atoms with van der Waals surface area (Å²) < 4.78 is 5.80. The lowest BCUT2D eigenvalue weighted by molar-refractivity contribution is -0.162. The van der Waals surface area contributed by atoms with Crippen molar-refractivity contribution in [3.63, 3.8) is 0 Å². The quantitative estimate of drug-likeness (QED) is 0.884. The molecule has 0 unspecified atom stereocenters. The molecule has 0 radical (unpaired) electrons. The third-order valence-corrected chi connectivity index (χ3v) is 6.58. The topological polar surface area (TPSA) is 58.6 Å². The number of ether oxygens (including phenoxy) is 1. The van der Waals surface area contributed by atoms with Crippen LogP contribution in [0, 0.1) is 0 Å². The zero-order chi connectivity index (χ0) is 17.2. The molecule has 0 bridgehead atoms. The van der Waals surface area contributed by atoms with Crippen LogP contribution in [0.5, 0.6) is 0 Å². The maximum absolute atomic E-state index is 12.8. The molecule has 1 aliphatic carbocycles. The van der Waals surface area contributed by atoms with Crippen LogP contribution in [-0.4, -0.2) is 54.0 Å². The molecule has 24 heavy (non-hydrogen) atoms. The Kier molecular flexibility index (Phi) is 5.15. The average molecular weight is 348 g/mol. The molecule has 0 aromatic heterocycles. The van der Waals surface area contributed by atoms with Gasteiger partial charge in [0.2, 0.25) is 5.91 Å². The Morgan fingerprint density at radius 3 is 2.67 bits per heavy atom. The molecule has 1 aliphatic heterocycles. The highest BCUT2D eigenvalue weighted by Crippen LogP contribution is 2.42. The number of nitrogens with zero attached hydrogens (tertiary/aromatic N) is 1. The Hall–Kier alpha value is -1.53. The predicted molar refractivity (Wildman–Crippen MR) is 94.8 cm³/mol. The van der Waals surface area contributed by atoms with Gasteiger partial charge in [0, 0.05) is 18.3 Å². The van der Waals surface area contributed by atoms with E-state index in [2.05, 4.69) is 11.6 Å². The molecule has 3 rings (SSSR count). The van der Waals surface area contributed by atoms with Gasteiger partial charge in [-0.05, 0) is 24.7 Å². The second-order valence-electron chi connectivity index (χ2n) is 6.55. The van der Waals surface area contributed by atoms with Crippen LogP contribution in [0.15, 0.2) is 30.3 Å². The summed E-state index contributed by atoms with van der Waals surface area (Å²) in [5, 5.41) is 3.06. The van der Waals surface area contributed by atoms with Crippen LogP contribution < -0.4 is 5.32 Å². The van der Waals surface area contributed by atoms with Crippen molar-refractivity contribution in [2.24, 2.45) is 0 Å². The first kappa shape index (κ1) is 17.3. The smallest absolute Gasteiger partial charge is 0.251 e. The molecular weight excluding hydrogens is 324 g/mol. The number of morpholine rings is 1. The molecule has 5 nitrogen and oxygen atoms in total. The highest BCUT2D eigenvalue weighted by molar-refractivity contribution is 8.00. The normalized spacial score (nSPS) is 25.9. The van der Waals surface area contributed by atoms with E-state index in [0.29, 0.717) is 6.54 Å². The van der Waals surface area contributed by atoms with Crippen LogP contribution in [0.2, 0.25) is 0 Å². The largest absolute Gasteiger partial charge is 0.356 e. The van der Waals surface area contributed by atoms with Crippen molar-refractivity contribution >= 4 is 23.6 Å². The van der Waals surface area contributed by atoms with E-state index < -0.39 is 6.10 Å². The monoisotopic (exact) mass is 348 g/mol. The summed E-state index contributed by atoms with van der Waals surface area (Å²) >= 11 is 1.83. The molecule has 6 heteroatoms. The lowest BCUT2D eigenvalue weighted by atomic mass is 9.84. The van der Waals surface area contributed by atoms with Crippen molar-refractivity contribution in [3.05, 3.63) is 35.9 Å². The van der Waals surface area contributed by atoms with E-state index in [0.717, 1.165) is 18.4 Å². The Morgan fingerprint density at radius 1 is 1.38 bits per heavy atom. The average Bonchev–Trinajstić information content (AvgIpc) is 2.57. The highest BCUT2D eigenvalue weighted by Gasteiger charge is 2.42. The van der Waals surface area contributed by atoms with Gasteiger partial charge < -0.3 is 15.0 Å². The van der Waals surface area contributed by atoms with Crippen LogP contribution in [0.25, 0.3) is 0 Å². The number of nitrogens with one attached hydrogen (secondary N) is 1. The van der Waals surface area contributed by atoms with Gasteiger partial charge in [-0.3, -0.25) is 9.59 Å². The minimum absolute atomic E-state index is 0.0500. The third-order valence-electron chi connectivity index (χ3n) is 5.17. The highest BCUT2D eigenvalue weighted by atomic mass is 32.2. The fourth-order valence-corrected chi connectivity index (χ4v) is 4.27. The second-order valence-corrected chi connectivity index (χ2v) is 7.82. The second kappa shape index (κ2) is 7.15. The molecule has 1 saturated heterocycles. The van der Waals surface area contributed by atoms with Crippen molar-refractivity contribution in [3.8, 4) is 0 Å². The fraction of sp³-hybridized carbons (Fsp3) is 0.556. The van der Waals surface area contributed by atoms with Crippen molar-refractivity contribution in [2.45, 2.75) is 36.2 Å². The number of hydrogen-bond acceptors (Lipinski definition) is 4. The molecule has 1 saturated carbocycles. The number of carbonyl (C=O) groups excluding carboxylic acids is 2. The maximum atomic E-state index is 12.8. The molecule has 1 aromatic carbocycles. The van der Waals surface area contributed by atoms with Gasteiger partial charge in [0.1, 0.15) is 6.61 Å². The molecule has 1 heterocycles. The van der Waals surface area contributed by atoms with E-state index in [4.69, 9.17) is 4.74 Å². The number of likely N-dealkylation sites (N-methyl/N-ethyl adjacent to an activating group) is 1. The maximum Gasteiger partial charge on any atom is 0.251 e. The van der Waals surface area contributed by atoms with Crippen molar-refractivity contribution in [2.75, 3.05) is 26.5 Å². The first-order chi connectivity index (χ1) is 11.6. The van der Waals surface area contributed by atoms with Gasteiger partial charge in [-0.25, -0.2) is 0 Å². The molecular formula is C18H24N2O3S. The zero-order valence-electron chi connectivity index (χ0n) is 14.2. The van der Waals surface area contributed by atoms with Gasteiger partial charge in [0.05, 0.1) is 6.04 Å². The lowest BCUT2D eigenvalue weighted by Crippen LogP contribution is -2.55. The van der Waals surface area contributed by atoms with Gasteiger partial charge in [-0.2, -0.15) is 11.8 Å². The van der Waals surface area contributed by atoms with E-state index in [1.54, 1.807) is 11.9 Å². The Morgan fingerprint density at radius 2 is 2.08 bits per heavy atom. The van der Waals surface area contributed by atoms with Crippen molar-refractivity contribution in [1.82, 2.24) is 10.2 Å². The van der Waals surface area contributed by atoms with Crippen LogP contribution in [0.1, 0.15) is 30.9 Å². The molecule has 2 fully saturated rings. The lowest BCUT2D eigenvalue weighted by Gasteiger charge is -2.42. The van der Waals surface area contributed by atoms with Crippen molar-refractivity contribution < 1.29 is 14.3 Å². The van der Waals surface area contributed by atoms with E-state index in [1.807, 2.05) is 42.1 Å². The number of carbonyl (C=O) groups is 2. The van der Waals surface area contributed by atoms with Gasteiger partial charge in [-0.15, -0.1) is 0 Å². The first-order valence-corrected chi connectivity index (χ1v) is 9.54. The van der Waals surface area contributed by atoms with E-state index in [9.17, 15) is 9.59 Å². The fourth-order valence-electron chi connectivity index (χ4n) is 3.35. The number of hydrogen-bond donors (Lipinski definition) is 1. The summed E-state index contributed by atoms with van der Waals surface area (Å²) in [5.74, 6) is -0.240. The molecule has 2 atom stereocenters. The van der Waals surface area contributed by atoms with E-state index >= 15 is 0 Å². The van der Waals surface area contributed by atoms with Crippen molar-refractivity contribution in [1.29, 1.82) is 0 Å².